The number of hydrogen-bond donors (Lipinski definition) is 0. The molecule has 0 spiro atoms. The van der Waals surface area contributed by atoms with Crippen LogP contribution in [0.5, 0.6) is 0 Å². The van der Waals surface area contributed by atoms with E-state index >= 15 is 0 Å². The number of ketones is 1. The van der Waals surface area contributed by atoms with Crippen LogP contribution in [-0.4, -0.2) is 18.9 Å². The lowest BCUT2D eigenvalue weighted by Gasteiger charge is -2.32. The number of carbonyl (C=O) groups is 1. The third kappa shape index (κ3) is 3.19. The van der Waals surface area contributed by atoms with Crippen molar-refractivity contribution in [2.75, 3.05) is 18.0 Å². The van der Waals surface area contributed by atoms with E-state index in [1.807, 2.05) is 24.3 Å². The van der Waals surface area contributed by atoms with Crippen LogP contribution in [-0.2, 0) is 0 Å². The summed E-state index contributed by atoms with van der Waals surface area (Å²) in [5, 5.41) is 0. The Bertz CT molecular complexity index is 640. The highest BCUT2D eigenvalue weighted by atomic mass is 19.1. The monoisotopic (exact) mass is 297 g/mol. The van der Waals surface area contributed by atoms with Crippen molar-refractivity contribution in [2.24, 2.45) is 5.92 Å². The van der Waals surface area contributed by atoms with E-state index in [1.165, 1.54) is 42.8 Å². The SMILES string of the molecule is CC1CCN(c2ccc(C(=O)c3ccc(F)cc3)cc2)CC1. The van der Waals surface area contributed by atoms with Crippen LogP contribution in [0.15, 0.2) is 48.5 Å². The zero-order valence-electron chi connectivity index (χ0n) is 12.8. The standard InChI is InChI=1S/C19H20FNO/c1-14-10-12-21(13-11-14)18-8-4-16(5-9-18)19(22)15-2-6-17(20)7-3-15/h2-9,14H,10-13H2,1H3. The van der Waals surface area contributed by atoms with Crippen LogP contribution in [0.1, 0.15) is 35.7 Å². The Balaban J connectivity index is 1.73. The van der Waals surface area contributed by atoms with E-state index in [2.05, 4.69) is 11.8 Å². The van der Waals surface area contributed by atoms with E-state index < -0.39 is 0 Å². The Morgan fingerprint density at radius 2 is 1.45 bits per heavy atom. The number of benzene rings is 2. The molecule has 3 heteroatoms. The maximum atomic E-state index is 12.9. The number of halogens is 1. The van der Waals surface area contributed by atoms with Crippen molar-refractivity contribution in [3.63, 3.8) is 0 Å². The minimum atomic E-state index is -0.328. The Hall–Kier alpha value is -2.16. The topological polar surface area (TPSA) is 20.3 Å². The first kappa shape index (κ1) is 14.8. The van der Waals surface area contributed by atoms with Crippen LogP contribution in [0.4, 0.5) is 10.1 Å². The molecule has 0 bridgehead atoms. The number of nitrogens with zero attached hydrogens (tertiary/aromatic N) is 1. The molecule has 0 N–H and O–H groups in total. The lowest BCUT2D eigenvalue weighted by atomic mass is 9.98. The van der Waals surface area contributed by atoms with Crippen LogP contribution in [0.2, 0.25) is 0 Å². The number of carbonyl (C=O) groups excluding carboxylic acids is 1. The van der Waals surface area contributed by atoms with Crippen molar-refractivity contribution in [1.82, 2.24) is 0 Å². The molecular weight excluding hydrogens is 277 g/mol. The fraction of sp³-hybridized carbons (Fsp3) is 0.316. The van der Waals surface area contributed by atoms with E-state index in [4.69, 9.17) is 0 Å². The van der Waals surface area contributed by atoms with Gasteiger partial charge in [-0.25, -0.2) is 4.39 Å². The van der Waals surface area contributed by atoms with Crippen LogP contribution in [0, 0.1) is 11.7 Å². The minimum absolute atomic E-state index is 0.0705. The Morgan fingerprint density at radius 1 is 0.955 bits per heavy atom. The first-order valence-electron chi connectivity index (χ1n) is 7.79. The highest BCUT2D eigenvalue weighted by Gasteiger charge is 2.16. The first-order valence-corrected chi connectivity index (χ1v) is 7.79. The van der Waals surface area contributed by atoms with Gasteiger partial charge >= 0.3 is 0 Å². The smallest absolute Gasteiger partial charge is 0.193 e. The first-order chi connectivity index (χ1) is 10.6. The van der Waals surface area contributed by atoms with Gasteiger partial charge in [0.25, 0.3) is 0 Å². The van der Waals surface area contributed by atoms with Crippen molar-refractivity contribution in [3.8, 4) is 0 Å². The van der Waals surface area contributed by atoms with Crippen LogP contribution < -0.4 is 4.90 Å². The van der Waals surface area contributed by atoms with Gasteiger partial charge in [0.05, 0.1) is 0 Å². The maximum absolute atomic E-state index is 12.9. The largest absolute Gasteiger partial charge is 0.372 e. The summed E-state index contributed by atoms with van der Waals surface area (Å²) >= 11 is 0. The molecule has 0 amide bonds. The molecule has 3 rings (SSSR count). The Morgan fingerprint density at radius 3 is 2.00 bits per heavy atom. The summed E-state index contributed by atoms with van der Waals surface area (Å²) in [6, 6.07) is 13.4. The van der Waals surface area contributed by atoms with Crippen molar-refractivity contribution in [2.45, 2.75) is 19.8 Å². The molecule has 0 aliphatic carbocycles. The summed E-state index contributed by atoms with van der Waals surface area (Å²) in [6.07, 6.45) is 2.44. The second-order valence-corrected chi connectivity index (χ2v) is 6.05. The second kappa shape index (κ2) is 6.30. The molecule has 0 saturated carbocycles. The van der Waals surface area contributed by atoms with Crippen molar-refractivity contribution >= 4 is 11.5 Å². The van der Waals surface area contributed by atoms with Crippen molar-refractivity contribution in [3.05, 3.63) is 65.5 Å². The highest BCUT2D eigenvalue weighted by molar-refractivity contribution is 6.09. The van der Waals surface area contributed by atoms with Gasteiger partial charge in [-0.05, 0) is 67.3 Å². The maximum Gasteiger partial charge on any atom is 0.193 e. The van der Waals surface area contributed by atoms with Gasteiger partial charge in [0.1, 0.15) is 5.82 Å². The van der Waals surface area contributed by atoms with E-state index in [9.17, 15) is 9.18 Å². The number of piperidine rings is 1. The molecule has 1 fully saturated rings. The fourth-order valence-electron chi connectivity index (χ4n) is 2.86. The molecule has 2 aromatic rings. The van der Waals surface area contributed by atoms with Crippen molar-refractivity contribution in [1.29, 1.82) is 0 Å². The molecule has 22 heavy (non-hydrogen) atoms. The van der Waals surface area contributed by atoms with Gasteiger partial charge in [-0.1, -0.05) is 6.92 Å². The summed E-state index contributed by atoms with van der Waals surface area (Å²) in [5.74, 6) is 0.403. The van der Waals surface area contributed by atoms with E-state index in [1.54, 1.807) is 0 Å². The predicted molar refractivity (Wildman–Crippen MR) is 86.9 cm³/mol. The molecule has 2 nitrogen and oxygen atoms in total. The summed E-state index contributed by atoms with van der Waals surface area (Å²) in [5.41, 5.74) is 2.32. The molecule has 0 atom stereocenters. The van der Waals surface area contributed by atoms with Gasteiger partial charge in [-0.2, -0.15) is 0 Å². The van der Waals surface area contributed by atoms with Crippen LogP contribution in [0.3, 0.4) is 0 Å². The fourth-order valence-corrected chi connectivity index (χ4v) is 2.86. The van der Waals surface area contributed by atoms with Gasteiger partial charge in [0.2, 0.25) is 0 Å². The molecule has 1 aliphatic rings. The van der Waals surface area contributed by atoms with Gasteiger partial charge in [-0.15, -0.1) is 0 Å². The third-order valence-corrected chi connectivity index (χ3v) is 4.38. The van der Waals surface area contributed by atoms with Gasteiger partial charge in [0.15, 0.2) is 5.78 Å². The third-order valence-electron chi connectivity index (χ3n) is 4.38. The molecule has 1 heterocycles. The number of anilines is 1. The normalized spacial score (nSPS) is 15.8. The highest BCUT2D eigenvalue weighted by Crippen LogP contribution is 2.23. The average Bonchev–Trinajstić information content (AvgIpc) is 2.56. The molecule has 0 radical (unpaired) electrons. The minimum Gasteiger partial charge on any atom is -0.372 e. The van der Waals surface area contributed by atoms with Gasteiger partial charge < -0.3 is 4.90 Å². The molecular formula is C19H20FNO. The summed E-state index contributed by atoms with van der Waals surface area (Å²) in [7, 11) is 0. The number of rotatable bonds is 3. The molecule has 1 aliphatic heterocycles. The number of hydrogen-bond acceptors (Lipinski definition) is 2. The van der Waals surface area contributed by atoms with Crippen molar-refractivity contribution < 1.29 is 9.18 Å². The summed E-state index contributed by atoms with van der Waals surface area (Å²) in [4.78, 5) is 14.7. The quantitative estimate of drug-likeness (QED) is 0.788. The van der Waals surface area contributed by atoms with Gasteiger partial charge in [0, 0.05) is 29.9 Å². The molecule has 1 saturated heterocycles. The summed E-state index contributed by atoms with van der Waals surface area (Å²) < 4.78 is 12.9. The van der Waals surface area contributed by atoms with E-state index in [-0.39, 0.29) is 11.6 Å². The summed E-state index contributed by atoms with van der Waals surface area (Å²) in [6.45, 7) is 4.45. The molecule has 0 unspecified atom stereocenters. The second-order valence-electron chi connectivity index (χ2n) is 6.05. The zero-order valence-corrected chi connectivity index (χ0v) is 12.8. The lowest BCUT2D eigenvalue weighted by Crippen LogP contribution is -2.32. The Kier molecular flexibility index (Phi) is 4.23. The zero-order chi connectivity index (χ0) is 15.5. The van der Waals surface area contributed by atoms with E-state index in [0.29, 0.717) is 11.1 Å². The molecule has 0 aromatic heterocycles. The van der Waals surface area contributed by atoms with Crippen LogP contribution in [0.25, 0.3) is 0 Å². The molecule has 114 valence electrons. The average molecular weight is 297 g/mol. The Labute approximate surface area is 130 Å². The van der Waals surface area contributed by atoms with E-state index in [0.717, 1.165) is 19.0 Å². The van der Waals surface area contributed by atoms with Gasteiger partial charge in [-0.3, -0.25) is 4.79 Å². The molecule has 2 aromatic carbocycles. The predicted octanol–water partition coefficient (Wildman–Crippen LogP) is 4.29. The van der Waals surface area contributed by atoms with Crippen LogP contribution >= 0.6 is 0 Å². The lowest BCUT2D eigenvalue weighted by molar-refractivity contribution is 0.103.